The summed E-state index contributed by atoms with van der Waals surface area (Å²) in [6, 6.07) is 11.5. The van der Waals surface area contributed by atoms with Crippen molar-refractivity contribution >= 4 is 24.5 Å². The summed E-state index contributed by atoms with van der Waals surface area (Å²) < 4.78 is 22.8. The number of carboxylic acid groups (broad SMARTS) is 1. The Kier molecular flexibility index (Phi) is 9.74. The number of benzene rings is 2. The Labute approximate surface area is 222 Å². The molecule has 0 aliphatic carbocycles. The molecule has 3 rings (SSSR count). The van der Waals surface area contributed by atoms with E-state index in [2.05, 4.69) is 22.9 Å². The quantitative estimate of drug-likeness (QED) is 0.276. The predicted molar refractivity (Wildman–Crippen MR) is 145 cm³/mol. The zero-order chi connectivity index (χ0) is 27.1. The molecule has 37 heavy (non-hydrogen) atoms. The highest BCUT2D eigenvalue weighted by Crippen LogP contribution is 2.28. The first-order valence-corrected chi connectivity index (χ1v) is 13.0. The molecule has 0 spiro atoms. The van der Waals surface area contributed by atoms with Crippen LogP contribution in [0, 0.1) is 11.7 Å². The van der Waals surface area contributed by atoms with E-state index in [1.165, 1.54) is 12.1 Å². The molecule has 1 amide bonds. The van der Waals surface area contributed by atoms with Crippen molar-refractivity contribution in [2.45, 2.75) is 58.9 Å². The van der Waals surface area contributed by atoms with Gasteiger partial charge in [-0.05, 0) is 48.9 Å². The molecule has 1 heterocycles. The molecule has 0 aliphatic rings. The normalized spacial score (nSPS) is 12.0. The molecule has 1 atom stereocenters. The molecule has 0 fully saturated rings. The number of rotatable bonds is 12. The van der Waals surface area contributed by atoms with E-state index >= 15 is 4.39 Å². The highest BCUT2D eigenvalue weighted by molar-refractivity contribution is 7.81. The number of hydrogen-bond acceptors (Lipinski definition) is 5. The van der Waals surface area contributed by atoms with Crippen molar-refractivity contribution in [3.63, 3.8) is 0 Å². The van der Waals surface area contributed by atoms with Crippen LogP contribution in [0.4, 0.5) is 4.39 Å². The Bertz CT molecular complexity index is 1260. The van der Waals surface area contributed by atoms with Gasteiger partial charge < -0.3 is 15.2 Å². The minimum atomic E-state index is -1.12. The van der Waals surface area contributed by atoms with E-state index in [9.17, 15) is 14.7 Å². The van der Waals surface area contributed by atoms with Gasteiger partial charge in [0.15, 0.2) is 0 Å². The van der Waals surface area contributed by atoms with E-state index in [0.29, 0.717) is 42.5 Å². The van der Waals surface area contributed by atoms with Crippen LogP contribution in [0.2, 0.25) is 0 Å². The van der Waals surface area contributed by atoms with Crippen molar-refractivity contribution in [2.24, 2.45) is 5.92 Å². The molecule has 0 radical (unpaired) electrons. The van der Waals surface area contributed by atoms with Crippen LogP contribution in [0.1, 0.15) is 61.4 Å². The number of nitrogens with one attached hydrogen (secondary N) is 1. The Balaban J connectivity index is 1.92. The fraction of sp³-hybridized carbons (Fsp3) is 0.393. The van der Waals surface area contributed by atoms with Gasteiger partial charge in [0, 0.05) is 5.56 Å². The molecule has 0 bridgehead atoms. The monoisotopic (exact) mass is 527 g/mol. The Morgan fingerprint density at radius 2 is 1.89 bits per heavy atom. The second-order valence-corrected chi connectivity index (χ2v) is 9.81. The van der Waals surface area contributed by atoms with E-state index in [1.54, 1.807) is 30.3 Å². The number of ether oxygens (including phenoxy) is 1. The molecule has 0 aliphatic heterocycles. The summed E-state index contributed by atoms with van der Waals surface area (Å²) in [6.45, 7) is 8.82. The number of aromatic carboxylic acids is 1. The van der Waals surface area contributed by atoms with Crippen molar-refractivity contribution in [3.8, 4) is 17.1 Å². The molecule has 1 unspecified atom stereocenters. The number of carbonyl (C=O) groups excluding carboxylic acids is 1. The van der Waals surface area contributed by atoms with E-state index in [1.807, 2.05) is 32.3 Å². The van der Waals surface area contributed by atoms with Crippen LogP contribution < -0.4 is 10.1 Å². The zero-order valence-electron chi connectivity index (χ0n) is 21.6. The maximum Gasteiger partial charge on any atom is 0.336 e. The van der Waals surface area contributed by atoms with Gasteiger partial charge in [-0.1, -0.05) is 51.1 Å². The Morgan fingerprint density at radius 3 is 2.51 bits per heavy atom. The van der Waals surface area contributed by atoms with Crippen LogP contribution in [0.25, 0.3) is 11.1 Å². The maximum atomic E-state index is 15.2. The predicted octanol–water partition coefficient (Wildman–Crippen LogP) is 5.36. The lowest BCUT2D eigenvalue weighted by molar-refractivity contribution is -0.121. The maximum absolute atomic E-state index is 15.2. The number of carboxylic acids is 1. The summed E-state index contributed by atoms with van der Waals surface area (Å²) in [5, 5.41) is 12.0. The highest BCUT2D eigenvalue weighted by Gasteiger charge is 2.21. The second-order valence-electron chi connectivity index (χ2n) is 9.19. The molecule has 1 aromatic heterocycles. The summed E-state index contributed by atoms with van der Waals surface area (Å²) in [5.74, 6) is -1.46. The number of aryl methyl sites for hydroxylation is 1. The number of imidazole rings is 1. The van der Waals surface area contributed by atoms with Gasteiger partial charge in [0.2, 0.25) is 5.91 Å². The number of aromatic nitrogens is 2. The molecule has 0 saturated carbocycles. The van der Waals surface area contributed by atoms with E-state index in [-0.39, 0.29) is 30.1 Å². The summed E-state index contributed by atoms with van der Waals surface area (Å²) in [5.41, 5.74) is 2.78. The third kappa shape index (κ3) is 6.91. The van der Waals surface area contributed by atoms with Gasteiger partial charge >= 0.3 is 5.97 Å². The molecule has 7 nitrogen and oxygen atoms in total. The Hall–Kier alpha value is -3.33. The van der Waals surface area contributed by atoms with Gasteiger partial charge in [0.05, 0.1) is 41.9 Å². The van der Waals surface area contributed by atoms with E-state index in [4.69, 9.17) is 4.74 Å². The summed E-state index contributed by atoms with van der Waals surface area (Å²) in [4.78, 5) is 28.8. The third-order valence-corrected chi connectivity index (χ3v) is 6.42. The van der Waals surface area contributed by atoms with Crippen molar-refractivity contribution in [1.82, 2.24) is 14.9 Å². The van der Waals surface area contributed by atoms with Gasteiger partial charge in [-0.25, -0.2) is 9.18 Å². The zero-order valence-corrected chi connectivity index (χ0v) is 22.5. The highest BCUT2D eigenvalue weighted by atomic mass is 32.1. The van der Waals surface area contributed by atoms with Crippen LogP contribution in [0.5, 0.6) is 6.01 Å². The average molecular weight is 528 g/mol. The fourth-order valence-electron chi connectivity index (χ4n) is 4.20. The van der Waals surface area contributed by atoms with Crippen LogP contribution in [-0.2, 0) is 24.3 Å². The van der Waals surface area contributed by atoms with Crippen LogP contribution >= 0.6 is 12.6 Å². The first-order chi connectivity index (χ1) is 17.7. The molecular weight excluding hydrogens is 493 g/mol. The van der Waals surface area contributed by atoms with Crippen LogP contribution in [-0.4, -0.2) is 38.4 Å². The van der Waals surface area contributed by atoms with Crippen LogP contribution in [0.15, 0.2) is 42.5 Å². The number of halogens is 1. The average Bonchev–Trinajstić information content (AvgIpc) is 3.18. The van der Waals surface area contributed by atoms with Gasteiger partial charge in [-0.3, -0.25) is 9.36 Å². The lowest BCUT2D eigenvalue weighted by Crippen LogP contribution is -2.32. The Morgan fingerprint density at radius 1 is 1.16 bits per heavy atom. The lowest BCUT2D eigenvalue weighted by Gasteiger charge is -2.16. The van der Waals surface area contributed by atoms with Crippen molar-refractivity contribution in [3.05, 3.63) is 70.8 Å². The summed E-state index contributed by atoms with van der Waals surface area (Å²) in [6.07, 6.45) is 1.30. The number of nitrogens with zero attached hydrogens (tertiary/aromatic N) is 2. The smallest absolute Gasteiger partial charge is 0.336 e. The first kappa shape index (κ1) is 28.2. The van der Waals surface area contributed by atoms with Gasteiger partial charge in [0.25, 0.3) is 6.01 Å². The molecule has 3 aromatic rings. The topological polar surface area (TPSA) is 93.5 Å². The molecule has 9 heteroatoms. The van der Waals surface area contributed by atoms with E-state index in [0.717, 1.165) is 11.4 Å². The molecule has 2 N–H and O–H groups in total. The third-order valence-electron chi connectivity index (χ3n) is 5.98. The molecular formula is C28H34FN3O4S. The van der Waals surface area contributed by atoms with Crippen molar-refractivity contribution in [1.29, 1.82) is 0 Å². The molecule has 2 aromatic carbocycles. The number of hydrogen-bond donors (Lipinski definition) is 3. The number of thiol groups is 1. The van der Waals surface area contributed by atoms with Gasteiger partial charge in [-0.2, -0.15) is 17.6 Å². The lowest BCUT2D eigenvalue weighted by atomic mass is 9.98. The minimum absolute atomic E-state index is 0.0352. The van der Waals surface area contributed by atoms with Crippen LogP contribution in [0.3, 0.4) is 0 Å². The van der Waals surface area contributed by atoms with Crippen molar-refractivity contribution in [2.75, 3.05) is 6.61 Å². The van der Waals surface area contributed by atoms with Crippen molar-refractivity contribution < 1.29 is 23.8 Å². The standard InChI is InChI=1S/C28H34FN3O4S/c1-5-23-24(15-30-26(33)25(37)13-17(3)4)32(28(31-23)36-6-2)16-18-11-12-20(22(29)14-18)19-9-7-8-10-21(19)27(34)35/h7-12,14,17,25,37H,5-6,13,15-16H2,1-4H3,(H,30,33)(H,34,35). The minimum Gasteiger partial charge on any atom is -0.478 e. The number of carbonyl (C=O) groups is 2. The number of amides is 1. The fourth-order valence-corrected chi connectivity index (χ4v) is 4.71. The molecule has 0 saturated heterocycles. The van der Waals surface area contributed by atoms with Gasteiger partial charge in [0.1, 0.15) is 5.82 Å². The van der Waals surface area contributed by atoms with E-state index < -0.39 is 17.0 Å². The SMILES string of the molecule is CCOc1nc(CC)c(CNC(=O)C(S)CC(C)C)n1Cc1ccc(-c2ccccc2C(=O)O)c(F)c1. The van der Waals surface area contributed by atoms with Gasteiger partial charge in [-0.15, -0.1) is 0 Å². The second kappa shape index (κ2) is 12.8. The summed E-state index contributed by atoms with van der Waals surface area (Å²) in [7, 11) is 0. The molecule has 198 valence electrons. The summed E-state index contributed by atoms with van der Waals surface area (Å²) >= 11 is 4.44. The largest absolute Gasteiger partial charge is 0.478 e. The first-order valence-electron chi connectivity index (χ1n) is 12.4.